The second-order valence-corrected chi connectivity index (χ2v) is 11.8. The molecule has 2 amide bonds. The summed E-state index contributed by atoms with van der Waals surface area (Å²) >= 11 is 1.47. The van der Waals surface area contributed by atoms with Crippen LogP contribution in [0.25, 0.3) is 27.9 Å². The molecule has 0 spiro atoms. The lowest BCUT2D eigenvalue weighted by Crippen LogP contribution is -2.30. The average Bonchev–Trinajstić information content (AvgIpc) is 3.42. The van der Waals surface area contributed by atoms with E-state index in [4.69, 9.17) is 0 Å². The van der Waals surface area contributed by atoms with E-state index in [1.54, 1.807) is 36.4 Å². The molecule has 1 heterocycles. The van der Waals surface area contributed by atoms with E-state index < -0.39 is 5.91 Å². The third-order valence-corrected chi connectivity index (χ3v) is 8.80. The Morgan fingerprint density at radius 3 is 1.98 bits per heavy atom. The predicted molar refractivity (Wildman–Crippen MR) is 183 cm³/mol. The highest BCUT2D eigenvalue weighted by atomic mass is 32.2. The number of aromatic nitrogens is 1. The number of anilines is 1. The van der Waals surface area contributed by atoms with E-state index >= 15 is 0 Å². The summed E-state index contributed by atoms with van der Waals surface area (Å²) in [5, 5.41) is 7.44. The van der Waals surface area contributed by atoms with Gasteiger partial charge in [0.2, 0.25) is 5.91 Å². The zero-order valence-electron chi connectivity index (χ0n) is 24.6. The van der Waals surface area contributed by atoms with Crippen LogP contribution in [0.15, 0.2) is 144 Å². The van der Waals surface area contributed by atoms with Gasteiger partial charge >= 0.3 is 0 Å². The van der Waals surface area contributed by atoms with Gasteiger partial charge in [-0.2, -0.15) is 0 Å². The first-order chi connectivity index (χ1) is 22.0. The Balaban J connectivity index is 1.24. The molecule has 1 aromatic heterocycles. The van der Waals surface area contributed by atoms with Gasteiger partial charge in [-0.1, -0.05) is 97.9 Å². The molecule has 1 unspecified atom stereocenters. The summed E-state index contributed by atoms with van der Waals surface area (Å²) in [4.78, 5) is 41.4. The predicted octanol–water partition coefficient (Wildman–Crippen LogP) is 8.42. The topological polar surface area (TPSA) is 80.2 Å². The quantitative estimate of drug-likeness (QED) is 0.127. The first kappa shape index (κ1) is 29.7. The number of carbonyl (C=O) groups is 3. The molecular weight excluding hydrogens is 579 g/mol. The molecule has 0 aliphatic heterocycles. The Kier molecular flexibility index (Phi) is 8.89. The lowest BCUT2D eigenvalue weighted by atomic mass is 10.1. The third-order valence-electron chi connectivity index (χ3n) is 7.46. The highest BCUT2D eigenvalue weighted by Gasteiger charge is 2.24. The number of para-hydroxylation sites is 2. The minimum atomic E-state index is -0.460. The molecule has 7 heteroatoms. The highest BCUT2D eigenvalue weighted by Crippen LogP contribution is 2.33. The lowest BCUT2D eigenvalue weighted by Gasteiger charge is -2.17. The van der Waals surface area contributed by atoms with E-state index in [9.17, 15) is 14.4 Å². The molecule has 222 valence electrons. The molecule has 0 saturated carbocycles. The third kappa shape index (κ3) is 6.59. The molecule has 45 heavy (non-hydrogen) atoms. The molecule has 0 aliphatic rings. The first-order valence-electron chi connectivity index (χ1n) is 14.8. The first-order valence-corrected chi connectivity index (χ1v) is 15.6. The minimum Gasteiger partial charge on any atom is -0.321 e. The summed E-state index contributed by atoms with van der Waals surface area (Å²) in [6.07, 6.45) is 2.27. The number of amides is 2. The molecule has 0 fully saturated rings. The van der Waals surface area contributed by atoms with Gasteiger partial charge in [0.1, 0.15) is 5.70 Å². The van der Waals surface area contributed by atoms with Crippen LogP contribution in [-0.2, 0) is 4.79 Å². The molecule has 6 rings (SSSR count). The zero-order valence-corrected chi connectivity index (χ0v) is 25.5. The number of benzene rings is 5. The summed E-state index contributed by atoms with van der Waals surface area (Å²) in [6.45, 7) is 2.01. The molecule has 5 aromatic carbocycles. The van der Waals surface area contributed by atoms with Crippen LogP contribution in [0.1, 0.15) is 34.1 Å². The van der Waals surface area contributed by atoms with Crippen molar-refractivity contribution >= 4 is 63.1 Å². The fraction of sp³-hybridized carbons (Fsp3) is 0.0789. The van der Waals surface area contributed by atoms with Crippen molar-refractivity contribution in [2.75, 3.05) is 5.32 Å². The Labute approximate surface area is 265 Å². The molecule has 6 nitrogen and oxygen atoms in total. The van der Waals surface area contributed by atoms with Gasteiger partial charge in [0.05, 0.1) is 16.3 Å². The molecule has 0 aliphatic carbocycles. The summed E-state index contributed by atoms with van der Waals surface area (Å²) in [7, 11) is 0. The number of rotatable bonds is 9. The van der Waals surface area contributed by atoms with Crippen molar-refractivity contribution in [3.8, 4) is 0 Å². The number of nitrogens with zero attached hydrogens (tertiary/aromatic N) is 1. The largest absolute Gasteiger partial charge is 0.321 e. The van der Waals surface area contributed by atoms with Gasteiger partial charge < -0.3 is 10.6 Å². The Bertz CT molecular complexity index is 1980. The number of nitrogens with one attached hydrogen (secondary N) is 2. The Hall–Kier alpha value is -5.40. The second kappa shape index (κ2) is 13.5. The molecular formula is C38H31N3O3S. The van der Waals surface area contributed by atoms with Crippen LogP contribution in [0.3, 0.4) is 0 Å². The standard InChI is InChI=1S/C38H31N3O3S/c1-2-35(38(44)41-33-22-11-9-20-30(33)31-21-10-12-23-34(31)41)45-29-19-13-18-28(25-29)39-37(43)32(24-26-14-5-3-6-15-26)40-36(42)27-16-7-4-8-17-27/h3-25,35H,2H2,1H3,(H,39,43)(H,40,42)/b32-24+. The van der Waals surface area contributed by atoms with Gasteiger partial charge in [-0.3, -0.25) is 19.0 Å². The van der Waals surface area contributed by atoms with Crippen molar-refractivity contribution in [3.63, 3.8) is 0 Å². The normalized spacial score (nSPS) is 12.2. The van der Waals surface area contributed by atoms with Crippen molar-refractivity contribution in [2.24, 2.45) is 0 Å². The van der Waals surface area contributed by atoms with Gasteiger partial charge in [0.25, 0.3) is 11.8 Å². The maximum Gasteiger partial charge on any atom is 0.272 e. The number of hydrogen-bond acceptors (Lipinski definition) is 4. The summed E-state index contributed by atoms with van der Waals surface area (Å²) in [5.41, 5.74) is 3.66. The molecule has 0 radical (unpaired) electrons. The van der Waals surface area contributed by atoms with Crippen molar-refractivity contribution in [2.45, 2.75) is 23.5 Å². The van der Waals surface area contributed by atoms with Gasteiger partial charge in [-0.15, -0.1) is 11.8 Å². The van der Waals surface area contributed by atoms with Crippen molar-refractivity contribution in [1.29, 1.82) is 0 Å². The molecule has 6 aromatic rings. The van der Waals surface area contributed by atoms with Crippen LogP contribution >= 0.6 is 11.8 Å². The lowest BCUT2D eigenvalue weighted by molar-refractivity contribution is -0.113. The van der Waals surface area contributed by atoms with Gasteiger partial charge in [0, 0.05) is 26.9 Å². The highest BCUT2D eigenvalue weighted by molar-refractivity contribution is 8.00. The molecule has 0 saturated heterocycles. The monoisotopic (exact) mass is 609 g/mol. The number of hydrogen-bond donors (Lipinski definition) is 2. The molecule has 2 N–H and O–H groups in total. The maximum atomic E-state index is 14.0. The molecule has 1 atom stereocenters. The van der Waals surface area contributed by atoms with Gasteiger partial charge in [-0.05, 0) is 60.5 Å². The average molecular weight is 610 g/mol. The fourth-order valence-corrected chi connectivity index (χ4v) is 6.33. The summed E-state index contributed by atoms with van der Waals surface area (Å²) in [6, 6.07) is 41.5. The zero-order chi connectivity index (χ0) is 31.2. The van der Waals surface area contributed by atoms with E-state index in [0.29, 0.717) is 17.7 Å². The van der Waals surface area contributed by atoms with Crippen LogP contribution in [0.2, 0.25) is 0 Å². The van der Waals surface area contributed by atoms with Crippen molar-refractivity contribution < 1.29 is 14.4 Å². The van der Waals surface area contributed by atoms with Crippen LogP contribution < -0.4 is 10.6 Å². The summed E-state index contributed by atoms with van der Waals surface area (Å²) < 4.78 is 1.83. The van der Waals surface area contributed by atoms with Crippen LogP contribution in [0.4, 0.5) is 5.69 Å². The van der Waals surface area contributed by atoms with Crippen LogP contribution in [-0.4, -0.2) is 27.5 Å². The van der Waals surface area contributed by atoms with E-state index in [2.05, 4.69) is 10.6 Å². The van der Waals surface area contributed by atoms with E-state index in [1.165, 1.54) is 11.8 Å². The smallest absolute Gasteiger partial charge is 0.272 e. The summed E-state index contributed by atoms with van der Waals surface area (Å²) in [5.74, 6) is -0.837. The van der Waals surface area contributed by atoms with Crippen LogP contribution in [0, 0.1) is 0 Å². The van der Waals surface area contributed by atoms with Gasteiger partial charge in [-0.25, -0.2) is 0 Å². The van der Waals surface area contributed by atoms with Crippen LogP contribution in [0.5, 0.6) is 0 Å². The number of carbonyl (C=O) groups excluding carboxylic acids is 3. The number of thioether (sulfide) groups is 1. The van der Waals surface area contributed by atoms with Crippen molar-refractivity contribution in [1.82, 2.24) is 9.88 Å². The Morgan fingerprint density at radius 1 is 0.733 bits per heavy atom. The number of fused-ring (bicyclic) bond motifs is 3. The van der Waals surface area contributed by atoms with E-state index in [-0.39, 0.29) is 22.8 Å². The Morgan fingerprint density at radius 2 is 1.33 bits per heavy atom. The fourth-order valence-electron chi connectivity index (χ4n) is 5.28. The molecule has 0 bridgehead atoms. The maximum absolute atomic E-state index is 14.0. The minimum absolute atomic E-state index is 0.00560. The van der Waals surface area contributed by atoms with E-state index in [1.807, 2.05) is 115 Å². The second-order valence-electron chi connectivity index (χ2n) is 10.5. The SMILES string of the molecule is CCC(Sc1cccc(NC(=O)/C(=C\c2ccccc2)NC(=O)c2ccccc2)c1)C(=O)n1c2ccccc2c2ccccc21. The van der Waals surface area contributed by atoms with E-state index in [0.717, 1.165) is 32.3 Å². The van der Waals surface area contributed by atoms with Gasteiger partial charge in [0.15, 0.2) is 0 Å². The van der Waals surface area contributed by atoms with Crippen molar-refractivity contribution in [3.05, 3.63) is 150 Å².